The van der Waals surface area contributed by atoms with E-state index in [-0.39, 0.29) is 61.2 Å². The van der Waals surface area contributed by atoms with Crippen molar-refractivity contribution < 1.29 is 24.6 Å². The molecule has 1 heterocycles. The van der Waals surface area contributed by atoms with Gasteiger partial charge in [0.15, 0.2) is 5.78 Å². The van der Waals surface area contributed by atoms with Crippen LogP contribution in [0.4, 0.5) is 0 Å². The van der Waals surface area contributed by atoms with Crippen LogP contribution in [0.3, 0.4) is 0 Å². The lowest BCUT2D eigenvalue weighted by Gasteiger charge is -2.45. The monoisotopic (exact) mass is 417 g/mol. The lowest BCUT2D eigenvalue weighted by Crippen LogP contribution is -2.53. The fourth-order valence-corrected chi connectivity index (χ4v) is 5.81. The summed E-state index contributed by atoms with van der Waals surface area (Å²) in [5.41, 5.74) is 0.511. The third kappa shape index (κ3) is 3.80. The van der Waals surface area contributed by atoms with Crippen molar-refractivity contribution in [3.05, 3.63) is 23.3 Å². The van der Waals surface area contributed by atoms with Gasteiger partial charge in [-0.1, -0.05) is 38.5 Å². The van der Waals surface area contributed by atoms with Crippen LogP contribution in [-0.4, -0.2) is 46.4 Å². The molecule has 166 valence electrons. The maximum Gasteiger partial charge on any atom is 0.235 e. The Morgan fingerprint density at radius 1 is 1.17 bits per heavy atom. The lowest BCUT2D eigenvalue weighted by atomic mass is 9.54. The summed E-state index contributed by atoms with van der Waals surface area (Å²) in [6.45, 7) is 7.97. The van der Waals surface area contributed by atoms with E-state index < -0.39 is 17.4 Å². The second kappa shape index (κ2) is 8.75. The fraction of sp³-hybridized carbons (Fsp3) is 0.708. The van der Waals surface area contributed by atoms with Gasteiger partial charge in [-0.15, -0.1) is 0 Å². The Bertz CT molecular complexity index is 782. The average Bonchev–Trinajstić information content (AvgIpc) is 2.97. The van der Waals surface area contributed by atoms with Crippen LogP contribution < -0.4 is 5.32 Å². The zero-order valence-corrected chi connectivity index (χ0v) is 18.5. The Hall–Kier alpha value is -1.79. The predicted molar refractivity (Wildman–Crippen MR) is 113 cm³/mol. The van der Waals surface area contributed by atoms with E-state index in [9.17, 15) is 24.6 Å². The topological polar surface area (TPSA) is 104 Å². The molecule has 0 aromatic heterocycles. The molecule has 6 atom stereocenters. The van der Waals surface area contributed by atoms with Crippen molar-refractivity contribution in [1.82, 2.24) is 5.32 Å². The third-order valence-corrected chi connectivity index (χ3v) is 7.31. The number of aliphatic hydroxyl groups is 2. The van der Waals surface area contributed by atoms with Crippen molar-refractivity contribution in [1.29, 1.82) is 0 Å². The number of aliphatic hydroxyl groups excluding tert-OH is 2. The molecule has 0 aromatic rings. The molecule has 6 nitrogen and oxygen atoms in total. The molecule has 0 aromatic carbocycles. The molecule has 0 bridgehead atoms. The van der Waals surface area contributed by atoms with Gasteiger partial charge in [0.1, 0.15) is 17.3 Å². The molecule has 1 aliphatic heterocycles. The summed E-state index contributed by atoms with van der Waals surface area (Å²) in [6.07, 6.45) is 4.16. The van der Waals surface area contributed by atoms with E-state index in [2.05, 4.69) is 19.2 Å². The molecule has 1 spiro atoms. The maximum atomic E-state index is 13.7. The maximum absolute atomic E-state index is 13.7. The van der Waals surface area contributed by atoms with Crippen LogP contribution in [0, 0.1) is 29.1 Å². The smallest absolute Gasteiger partial charge is 0.235 e. The van der Waals surface area contributed by atoms with Crippen molar-refractivity contribution >= 4 is 17.5 Å². The van der Waals surface area contributed by atoms with E-state index in [1.54, 1.807) is 0 Å². The minimum atomic E-state index is -1.26. The number of carbonyl (C=O) groups excluding carboxylic acids is 3. The van der Waals surface area contributed by atoms with Crippen LogP contribution in [0.15, 0.2) is 23.3 Å². The third-order valence-electron chi connectivity index (χ3n) is 7.31. The second-order valence-corrected chi connectivity index (χ2v) is 9.78. The Labute approximate surface area is 178 Å². The number of hydrogen-bond donors (Lipinski definition) is 3. The molecule has 0 radical (unpaired) electrons. The van der Waals surface area contributed by atoms with Crippen LogP contribution in [0.1, 0.15) is 59.8 Å². The predicted octanol–water partition coefficient (Wildman–Crippen LogP) is 2.34. The summed E-state index contributed by atoms with van der Waals surface area (Å²) in [6, 6.07) is -0.153. The van der Waals surface area contributed by atoms with Crippen molar-refractivity contribution in [2.45, 2.75) is 71.9 Å². The van der Waals surface area contributed by atoms with Crippen molar-refractivity contribution in [3.63, 3.8) is 0 Å². The number of hydrogen-bond acceptors (Lipinski definition) is 5. The molecule has 1 fully saturated rings. The van der Waals surface area contributed by atoms with E-state index in [0.29, 0.717) is 12.3 Å². The molecule has 2 aliphatic carbocycles. The molecule has 1 amide bonds. The minimum Gasteiger partial charge on any atom is -0.392 e. The summed E-state index contributed by atoms with van der Waals surface area (Å²) in [4.78, 5) is 39.5. The largest absolute Gasteiger partial charge is 0.392 e. The first-order valence-electron chi connectivity index (χ1n) is 11.2. The van der Waals surface area contributed by atoms with Gasteiger partial charge in [-0.2, -0.15) is 0 Å². The molecule has 3 N–H and O–H groups in total. The molecule has 30 heavy (non-hydrogen) atoms. The van der Waals surface area contributed by atoms with Crippen molar-refractivity contribution in [3.8, 4) is 0 Å². The fourth-order valence-electron chi connectivity index (χ4n) is 5.81. The van der Waals surface area contributed by atoms with Gasteiger partial charge in [0.05, 0.1) is 6.61 Å². The van der Waals surface area contributed by atoms with E-state index >= 15 is 0 Å². The molecular weight excluding hydrogens is 382 g/mol. The highest BCUT2D eigenvalue weighted by atomic mass is 16.3. The first-order valence-corrected chi connectivity index (χ1v) is 11.2. The van der Waals surface area contributed by atoms with Gasteiger partial charge in [-0.3, -0.25) is 14.4 Å². The van der Waals surface area contributed by atoms with Crippen LogP contribution in [-0.2, 0) is 14.4 Å². The van der Waals surface area contributed by atoms with E-state index in [4.69, 9.17) is 0 Å². The number of carbonyl (C=O) groups is 3. The molecule has 3 aliphatic rings. The molecule has 1 saturated heterocycles. The van der Waals surface area contributed by atoms with Crippen molar-refractivity contribution in [2.75, 3.05) is 6.61 Å². The Morgan fingerprint density at radius 2 is 1.87 bits per heavy atom. The van der Waals surface area contributed by atoms with Gasteiger partial charge in [0, 0.05) is 30.7 Å². The Kier molecular flexibility index (Phi) is 6.68. The first-order chi connectivity index (χ1) is 14.1. The normalized spacial score (nSPS) is 39.4. The first kappa shape index (κ1) is 22.9. The van der Waals surface area contributed by atoms with E-state index in [1.807, 2.05) is 26.0 Å². The highest BCUT2D eigenvalue weighted by molar-refractivity contribution is 6.09. The highest BCUT2D eigenvalue weighted by Crippen LogP contribution is 2.55. The number of allylic oxidation sites excluding steroid dienone is 3. The summed E-state index contributed by atoms with van der Waals surface area (Å²) in [7, 11) is 0. The SMILES string of the molecule is C/C1=C/[C@H]2C=C(CO)[C@@H](C)[C@H]3[C@H](CC(C)C)NC(=O)[C@]32C(=O)CC[C@H](O)C(=O)CC1. The molecular formula is C24H35NO5. The van der Waals surface area contributed by atoms with Gasteiger partial charge in [-0.05, 0) is 43.6 Å². The van der Waals surface area contributed by atoms with E-state index in [0.717, 1.165) is 17.6 Å². The van der Waals surface area contributed by atoms with Gasteiger partial charge in [-0.25, -0.2) is 0 Å². The Balaban J connectivity index is 2.18. The van der Waals surface area contributed by atoms with Gasteiger partial charge in [0.2, 0.25) is 5.91 Å². The summed E-state index contributed by atoms with van der Waals surface area (Å²) < 4.78 is 0. The number of nitrogens with one attached hydrogen (secondary N) is 1. The van der Waals surface area contributed by atoms with Crippen molar-refractivity contribution in [2.24, 2.45) is 29.1 Å². The van der Waals surface area contributed by atoms with E-state index in [1.165, 1.54) is 0 Å². The molecule has 3 rings (SSSR count). The van der Waals surface area contributed by atoms with Crippen LogP contribution in [0.25, 0.3) is 0 Å². The number of Topliss-reactive ketones (excluding diaryl/α,β-unsaturated/α-hetero) is 2. The van der Waals surface area contributed by atoms with Crippen LogP contribution in [0.5, 0.6) is 0 Å². The highest BCUT2D eigenvalue weighted by Gasteiger charge is 2.65. The molecule has 0 saturated carbocycles. The van der Waals surface area contributed by atoms with Crippen LogP contribution >= 0.6 is 0 Å². The number of amides is 1. The summed E-state index contributed by atoms with van der Waals surface area (Å²) in [5.74, 6) is -1.23. The minimum absolute atomic E-state index is 0.0103. The average molecular weight is 418 g/mol. The standard InChI is InChI=1S/C24H35NO5/c1-13(2)9-18-22-15(4)16(12-26)11-17-10-14(3)5-6-19(27)20(28)7-8-21(29)24(17,22)23(30)25-18/h10-11,13,15,17-18,20,22,26,28H,5-9,12H2,1-4H3,(H,25,30)/b14-10-/t15-,17+,18+,20+,22+,24-/m1/s1. The van der Waals surface area contributed by atoms with Gasteiger partial charge < -0.3 is 15.5 Å². The molecule has 6 heteroatoms. The summed E-state index contributed by atoms with van der Waals surface area (Å²) >= 11 is 0. The quantitative estimate of drug-likeness (QED) is 0.483. The van der Waals surface area contributed by atoms with Crippen LogP contribution in [0.2, 0.25) is 0 Å². The van der Waals surface area contributed by atoms with Gasteiger partial charge >= 0.3 is 0 Å². The Morgan fingerprint density at radius 3 is 2.50 bits per heavy atom. The zero-order chi connectivity index (χ0) is 22.2. The second-order valence-electron chi connectivity index (χ2n) is 9.78. The molecule has 0 unspecified atom stereocenters. The number of ketones is 2. The summed E-state index contributed by atoms with van der Waals surface area (Å²) in [5, 5.41) is 23.4. The lowest BCUT2D eigenvalue weighted by molar-refractivity contribution is -0.145. The zero-order valence-electron chi connectivity index (χ0n) is 18.5. The number of rotatable bonds is 3. The van der Waals surface area contributed by atoms with Gasteiger partial charge in [0.25, 0.3) is 0 Å².